The Bertz CT molecular complexity index is 485. The maximum atomic E-state index is 12.3. The molecule has 1 aromatic carbocycles. The van der Waals surface area contributed by atoms with Gasteiger partial charge in [-0.05, 0) is 18.6 Å². The lowest BCUT2D eigenvalue weighted by Crippen LogP contribution is -2.47. The van der Waals surface area contributed by atoms with Gasteiger partial charge in [0.1, 0.15) is 5.75 Å². The molecule has 7 heteroatoms. The van der Waals surface area contributed by atoms with Crippen molar-refractivity contribution >= 4 is 11.7 Å². The maximum Gasteiger partial charge on any atom is 0.387 e. The van der Waals surface area contributed by atoms with Crippen LogP contribution in [0.25, 0.3) is 0 Å². The summed E-state index contributed by atoms with van der Waals surface area (Å²) in [4.78, 5) is 13.8. The zero-order valence-corrected chi connectivity index (χ0v) is 11.7. The number of halogens is 2. The van der Waals surface area contributed by atoms with Gasteiger partial charge in [-0.3, -0.25) is 0 Å². The molecule has 2 rings (SSSR count). The predicted molar refractivity (Wildman–Crippen MR) is 73.7 cm³/mol. The third kappa shape index (κ3) is 4.29. The fraction of sp³-hybridized carbons (Fsp3) is 0.500. The Kier molecular flexibility index (Phi) is 5.32. The lowest BCUT2D eigenvalue weighted by atomic mass is 10.2. The number of anilines is 1. The van der Waals surface area contributed by atoms with Gasteiger partial charge in [0.2, 0.25) is 0 Å². The van der Waals surface area contributed by atoms with E-state index in [0.717, 1.165) is 6.42 Å². The highest BCUT2D eigenvalue weighted by atomic mass is 19.3. The van der Waals surface area contributed by atoms with Crippen molar-refractivity contribution in [1.82, 2.24) is 4.90 Å². The summed E-state index contributed by atoms with van der Waals surface area (Å²) in [5, 5.41) is 2.60. The fourth-order valence-corrected chi connectivity index (χ4v) is 2.11. The van der Waals surface area contributed by atoms with Gasteiger partial charge in [0, 0.05) is 13.1 Å². The van der Waals surface area contributed by atoms with E-state index in [0.29, 0.717) is 19.7 Å². The number of para-hydroxylation sites is 2. The van der Waals surface area contributed by atoms with Crippen LogP contribution in [0.1, 0.15) is 13.3 Å². The number of hydrogen-bond donors (Lipinski definition) is 1. The Hall–Kier alpha value is -1.89. The van der Waals surface area contributed by atoms with Crippen molar-refractivity contribution in [2.45, 2.75) is 26.1 Å². The predicted octanol–water partition coefficient (Wildman–Crippen LogP) is 2.93. The molecule has 1 saturated heterocycles. The van der Waals surface area contributed by atoms with E-state index in [1.807, 2.05) is 6.92 Å². The number of amides is 2. The molecule has 1 fully saturated rings. The van der Waals surface area contributed by atoms with Gasteiger partial charge in [-0.2, -0.15) is 8.78 Å². The molecule has 1 heterocycles. The number of nitrogens with one attached hydrogen (secondary N) is 1. The summed E-state index contributed by atoms with van der Waals surface area (Å²) in [5.74, 6) is -0.0545. The Balaban J connectivity index is 2.02. The van der Waals surface area contributed by atoms with Gasteiger partial charge >= 0.3 is 12.6 Å². The van der Waals surface area contributed by atoms with Crippen LogP contribution in [-0.4, -0.2) is 43.3 Å². The first-order valence-electron chi connectivity index (χ1n) is 6.81. The van der Waals surface area contributed by atoms with Crippen molar-refractivity contribution in [2.75, 3.05) is 25.0 Å². The molecule has 0 aliphatic carbocycles. The minimum Gasteiger partial charge on any atom is -0.433 e. The third-order valence-electron chi connectivity index (χ3n) is 3.23. The SMILES string of the molecule is CC[C@H]1CN(C(=O)Nc2ccccc2OC(F)F)CCO1. The van der Waals surface area contributed by atoms with Crippen LogP contribution in [0.2, 0.25) is 0 Å². The van der Waals surface area contributed by atoms with E-state index in [4.69, 9.17) is 4.74 Å². The van der Waals surface area contributed by atoms with Crippen LogP contribution in [0, 0.1) is 0 Å². The van der Waals surface area contributed by atoms with Gasteiger partial charge in [0.25, 0.3) is 0 Å². The number of nitrogens with zero attached hydrogens (tertiary/aromatic N) is 1. The second-order valence-electron chi connectivity index (χ2n) is 4.65. The number of benzene rings is 1. The van der Waals surface area contributed by atoms with E-state index in [1.165, 1.54) is 12.1 Å². The van der Waals surface area contributed by atoms with E-state index >= 15 is 0 Å². The zero-order chi connectivity index (χ0) is 15.2. The van der Waals surface area contributed by atoms with E-state index in [9.17, 15) is 13.6 Å². The van der Waals surface area contributed by atoms with Gasteiger partial charge in [0.05, 0.1) is 18.4 Å². The van der Waals surface area contributed by atoms with E-state index in [1.54, 1.807) is 17.0 Å². The number of carbonyl (C=O) groups excluding carboxylic acids is 1. The molecule has 1 aromatic rings. The molecule has 116 valence electrons. The molecule has 0 saturated carbocycles. The number of carbonyl (C=O) groups is 1. The molecule has 0 unspecified atom stereocenters. The van der Waals surface area contributed by atoms with Crippen molar-refractivity contribution in [3.63, 3.8) is 0 Å². The molecule has 1 N–H and O–H groups in total. The fourth-order valence-electron chi connectivity index (χ4n) is 2.11. The summed E-state index contributed by atoms with van der Waals surface area (Å²) >= 11 is 0. The Morgan fingerprint density at radius 2 is 2.29 bits per heavy atom. The molecule has 5 nitrogen and oxygen atoms in total. The van der Waals surface area contributed by atoms with Gasteiger partial charge < -0.3 is 19.7 Å². The minimum atomic E-state index is -2.93. The van der Waals surface area contributed by atoms with Crippen LogP contribution >= 0.6 is 0 Å². The van der Waals surface area contributed by atoms with Gasteiger partial charge in [-0.1, -0.05) is 19.1 Å². The number of ether oxygens (including phenoxy) is 2. The van der Waals surface area contributed by atoms with Crippen LogP contribution in [0.4, 0.5) is 19.3 Å². The maximum absolute atomic E-state index is 12.3. The minimum absolute atomic E-state index is 0.0112. The van der Waals surface area contributed by atoms with E-state index < -0.39 is 6.61 Å². The number of urea groups is 1. The van der Waals surface area contributed by atoms with Crippen molar-refractivity contribution in [3.05, 3.63) is 24.3 Å². The summed E-state index contributed by atoms with van der Waals surface area (Å²) < 4.78 is 34.5. The first kappa shape index (κ1) is 15.5. The summed E-state index contributed by atoms with van der Waals surface area (Å²) in [6.45, 7) is 0.482. The van der Waals surface area contributed by atoms with E-state index in [2.05, 4.69) is 10.1 Å². The highest BCUT2D eigenvalue weighted by Crippen LogP contribution is 2.26. The topological polar surface area (TPSA) is 50.8 Å². The van der Waals surface area contributed by atoms with Crippen LogP contribution in [-0.2, 0) is 4.74 Å². The highest BCUT2D eigenvalue weighted by molar-refractivity contribution is 5.91. The van der Waals surface area contributed by atoms with Crippen LogP contribution in [0.5, 0.6) is 5.75 Å². The summed E-state index contributed by atoms with van der Waals surface area (Å²) in [6, 6.07) is 5.77. The van der Waals surface area contributed by atoms with E-state index in [-0.39, 0.29) is 23.6 Å². The molecule has 21 heavy (non-hydrogen) atoms. The van der Waals surface area contributed by atoms with Crippen molar-refractivity contribution < 1.29 is 23.0 Å². The molecular formula is C14H18F2N2O3. The lowest BCUT2D eigenvalue weighted by Gasteiger charge is -2.32. The summed E-state index contributed by atoms with van der Waals surface area (Å²) in [7, 11) is 0. The molecule has 2 amide bonds. The van der Waals surface area contributed by atoms with Gasteiger partial charge in [-0.15, -0.1) is 0 Å². The normalized spacial score (nSPS) is 18.7. The highest BCUT2D eigenvalue weighted by Gasteiger charge is 2.23. The number of alkyl halides is 2. The molecule has 0 aromatic heterocycles. The third-order valence-corrected chi connectivity index (χ3v) is 3.23. The molecule has 0 radical (unpaired) electrons. The molecule has 0 spiro atoms. The molecule has 1 aliphatic rings. The average Bonchev–Trinajstić information content (AvgIpc) is 2.48. The Morgan fingerprint density at radius 3 is 3.00 bits per heavy atom. The first-order chi connectivity index (χ1) is 10.1. The lowest BCUT2D eigenvalue weighted by molar-refractivity contribution is -0.0493. The first-order valence-corrected chi connectivity index (χ1v) is 6.81. The zero-order valence-electron chi connectivity index (χ0n) is 11.7. The quantitative estimate of drug-likeness (QED) is 0.930. The Morgan fingerprint density at radius 1 is 1.52 bits per heavy atom. The number of morpholine rings is 1. The van der Waals surface area contributed by atoms with Crippen LogP contribution in [0.3, 0.4) is 0 Å². The largest absolute Gasteiger partial charge is 0.433 e. The van der Waals surface area contributed by atoms with Gasteiger partial charge in [-0.25, -0.2) is 4.79 Å². The number of hydrogen-bond acceptors (Lipinski definition) is 3. The van der Waals surface area contributed by atoms with Crippen LogP contribution in [0.15, 0.2) is 24.3 Å². The smallest absolute Gasteiger partial charge is 0.387 e. The van der Waals surface area contributed by atoms with Gasteiger partial charge in [0.15, 0.2) is 0 Å². The van der Waals surface area contributed by atoms with Crippen molar-refractivity contribution in [3.8, 4) is 5.75 Å². The molecule has 0 bridgehead atoms. The second-order valence-corrected chi connectivity index (χ2v) is 4.65. The Labute approximate surface area is 121 Å². The molecule has 1 atom stereocenters. The molecular weight excluding hydrogens is 282 g/mol. The standard InChI is InChI=1S/C14H18F2N2O3/c1-2-10-9-18(7-8-20-10)14(19)17-11-5-3-4-6-12(11)21-13(15)16/h3-6,10,13H,2,7-9H2,1H3,(H,17,19)/t10-/m0/s1. The number of rotatable bonds is 4. The summed E-state index contributed by atoms with van der Waals surface area (Å²) in [5.41, 5.74) is 0.224. The monoisotopic (exact) mass is 300 g/mol. The molecule has 1 aliphatic heterocycles. The van der Waals surface area contributed by atoms with Crippen LogP contribution < -0.4 is 10.1 Å². The summed E-state index contributed by atoms with van der Waals surface area (Å²) in [6.07, 6.45) is 0.826. The average molecular weight is 300 g/mol. The van der Waals surface area contributed by atoms with Crippen molar-refractivity contribution in [2.24, 2.45) is 0 Å². The van der Waals surface area contributed by atoms with Crippen molar-refractivity contribution in [1.29, 1.82) is 0 Å². The second kappa shape index (κ2) is 7.21.